The second-order valence-electron chi connectivity index (χ2n) is 7.98. The molecule has 1 aliphatic carbocycles. The van der Waals surface area contributed by atoms with Crippen molar-refractivity contribution >= 4 is 17.9 Å². The first-order chi connectivity index (χ1) is 13.9. The summed E-state index contributed by atoms with van der Waals surface area (Å²) in [5.41, 5.74) is 0.928. The Kier molecular flexibility index (Phi) is 6.25. The molecule has 1 heterocycles. The summed E-state index contributed by atoms with van der Waals surface area (Å²) in [6.45, 7) is 7.69. The summed E-state index contributed by atoms with van der Waals surface area (Å²) in [4.78, 5) is 39.0. The minimum atomic E-state index is -0.589. The third-order valence-corrected chi connectivity index (χ3v) is 5.43. The van der Waals surface area contributed by atoms with E-state index < -0.39 is 12.1 Å². The van der Waals surface area contributed by atoms with Gasteiger partial charge in [-0.1, -0.05) is 38.6 Å². The monoisotopic (exact) mass is 400 g/mol. The average molecular weight is 400 g/mol. The molecule has 2 aliphatic rings. The molecule has 1 aromatic carbocycles. The first-order valence-corrected chi connectivity index (χ1v) is 9.91. The summed E-state index contributed by atoms with van der Waals surface area (Å²) in [5, 5.41) is 2.80. The number of methoxy groups -OCH3 is 1. The van der Waals surface area contributed by atoms with Crippen molar-refractivity contribution in [3.05, 3.63) is 42.5 Å². The molecule has 3 amide bonds. The van der Waals surface area contributed by atoms with E-state index in [1.165, 1.54) is 11.0 Å². The third kappa shape index (κ3) is 4.44. The number of carbonyl (C=O) groups is 3. The summed E-state index contributed by atoms with van der Waals surface area (Å²) in [6, 6.07) is 6.65. The van der Waals surface area contributed by atoms with E-state index in [4.69, 9.17) is 9.47 Å². The summed E-state index contributed by atoms with van der Waals surface area (Å²) >= 11 is 0. The highest BCUT2D eigenvalue weighted by Gasteiger charge is 2.60. The number of nitrogens with one attached hydrogen (secondary N) is 1. The smallest absolute Gasteiger partial charge is 0.407 e. The van der Waals surface area contributed by atoms with Gasteiger partial charge in [0.05, 0.1) is 19.2 Å². The van der Waals surface area contributed by atoms with Crippen molar-refractivity contribution < 1.29 is 23.9 Å². The number of likely N-dealkylation sites (tertiary alicyclic amines) is 1. The van der Waals surface area contributed by atoms with Gasteiger partial charge in [0.15, 0.2) is 0 Å². The second-order valence-corrected chi connectivity index (χ2v) is 7.98. The van der Waals surface area contributed by atoms with Crippen molar-refractivity contribution in [1.82, 2.24) is 10.2 Å². The Morgan fingerprint density at radius 3 is 2.59 bits per heavy atom. The Hall–Kier alpha value is -2.83. The van der Waals surface area contributed by atoms with Crippen molar-refractivity contribution in [2.45, 2.75) is 44.7 Å². The van der Waals surface area contributed by atoms with E-state index in [2.05, 4.69) is 11.9 Å². The van der Waals surface area contributed by atoms with Gasteiger partial charge in [-0.15, -0.1) is 0 Å². The van der Waals surface area contributed by atoms with Crippen LogP contribution in [0.25, 0.3) is 0 Å². The van der Waals surface area contributed by atoms with E-state index in [9.17, 15) is 14.4 Å². The molecule has 0 spiro atoms. The summed E-state index contributed by atoms with van der Waals surface area (Å²) in [6.07, 6.45) is 1.81. The van der Waals surface area contributed by atoms with E-state index in [1.54, 1.807) is 7.11 Å². The largest absolute Gasteiger partial charge is 0.497 e. The first-order valence-electron chi connectivity index (χ1n) is 9.91. The Morgan fingerprint density at radius 2 is 2.00 bits per heavy atom. The highest BCUT2D eigenvalue weighted by Crippen LogP contribution is 2.48. The van der Waals surface area contributed by atoms with Crippen molar-refractivity contribution in [2.24, 2.45) is 11.8 Å². The highest BCUT2D eigenvalue weighted by molar-refractivity contribution is 6.04. The van der Waals surface area contributed by atoms with Crippen LogP contribution in [0, 0.1) is 11.8 Å². The fourth-order valence-corrected chi connectivity index (χ4v) is 4.12. The van der Waals surface area contributed by atoms with Gasteiger partial charge in [-0.2, -0.15) is 0 Å². The molecule has 7 nitrogen and oxygen atoms in total. The molecule has 29 heavy (non-hydrogen) atoms. The van der Waals surface area contributed by atoms with Crippen molar-refractivity contribution in [2.75, 3.05) is 13.7 Å². The lowest BCUT2D eigenvalue weighted by atomic mass is 9.96. The Balaban J connectivity index is 1.81. The van der Waals surface area contributed by atoms with Gasteiger partial charge < -0.3 is 14.8 Å². The van der Waals surface area contributed by atoms with E-state index in [0.717, 1.165) is 5.56 Å². The van der Waals surface area contributed by atoms with Crippen molar-refractivity contribution in [3.63, 3.8) is 0 Å². The fourth-order valence-electron chi connectivity index (χ4n) is 4.12. The Morgan fingerprint density at radius 1 is 1.31 bits per heavy atom. The number of hydrogen-bond acceptors (Lipinski definition) is 5. The zero-order chi connectivity index (χ0) is 21.1. The topological polar surface area (TPSA) is 84.9 Å². The quantitative estimate of drug-likeness (QED) is 0.536. The van der Waals surface area contributed by atoms with Gasteiger partial charge in [-0.3, -0.25) is 14.5 Å². The minimum absolute atomic E-state index is 0.0917. The molecule has 4 atom stereocenters. The van der Waals surface area contributed by atoms with Crippen LogP contribution >= 0.6 is 0 Å². The van der Waals surface area contributed by atoms with Gasteiger partial charge in [0.1, 0.15) is 12.4 Å². The van der Waals surface area contributed by atoms with Crippen LogP contribution in [0.5, 0.6) is 5.75 Å². The normalized spacial score (nSPS) is 25.9. The predicted molar refractivity (Wildman–Crippen MR) is 107 cm³/mol. The lowest BCUT2D eigenvalue weighted by Crippen LogP contribution is -2.39. The second kappa shape index (κ2) is 8.68. The lowest BCUT2D eigenvalue weighted by molar-refractivity contribution is -0.140. The Bertz CT molecular complexity index is 789. The number of hydrogen-bond donors (Lipinski definition) is 1. The van der Waals surface area contributed by atoms with Crippen molar-refractivity contribution in [3.8, 4) is 5.75 Å². The summed E-state index contributed by atoms with van der Waals surface area (Å²) in [7, 11) is 1.59. The number of benzene rings is 1. The highest BCUT2D eigenvalue weighted by atomic mass is 16.5. The predicted octanol–water partition coefficient (Wildman–Crippen LogP) is 2.86. The standard InChI is InChI=1S/C22H28N2O5/c1-5-10-29-22(27)23-19-18(14-6-8-16(28-4)9-7-14)20(19)24-17(25)12-15(21(24)26)11-13(2)3/h5-9,13,15,18-20H,1,10-12H2,2-4H3,(H,23,27)/t15-,18-,19+,20+/m1/s1. The van der Waals surface area contributed by atoms with Gasteiger partial charge >= 0.3 is 6.09 Å². The molecular weight excluding hydrogens is 372 g/mol. The van der Waals surface area contributed by atoms with E-state index in [0.29, 0.717) is 18.1 Å². The maximum atomic E-state index is 12.9. The molecule has 1 saturated carbocycles. The van der Waals surface area contributed by atoms with E-state index in [1.807, 2.05) is 38.1 Å². The molecule has 1 aromatic rings. The fraction of sp³-hybridized carbons (Fsp3) is 0.500. The van der Waals surface area contributed by atoms with Crippen molar-refractivity contribution in [1.29, 1.82) is 0 Å². The zero-order valence-electron chi connectivity index (χ0n) is 17.1. The number of alkyl carbamates (subject to hydrolysis) is 1. The number of nitrogens with zero attached hydrogens (tertiary/aromatic N) is 1. The molecule has 7 heteroatoms. The lowest BCUT2D eigenvalue weighted by Gasteiger charge is -2.16. The van der Waals surface area contributed by atoms with Gasteiger partial charge in [0, 0.05) is 18.3 Å². The number of amides is 3. The molecular formula is C22H28N2O5. The molecule has 0 unspecified atom stereocenters. The molecule has 0 aromatic heterocycles. The first kappa shape index (κ1) is 20.9. The number of rotatable bonds is 8. The van der Waals surface area contributed by atoms with Gasteiger partial charge in [0.25, 0.3) is 0 Å². The van der Waals surface area contributed by atoms with Crippen LogP contribution in [0.3, 0.4) is 0 Å². The third-order valence-electron chi connectivity index (χ3n) is 5.43. The molecule has 1 aliphatic heterocycles. The van der Waals surface area contributed by atoms with Crippen LogP contribution in [0.2, 0.25) is 0 Å². The van der Waals surface area contributed by atoms with Crippen LogP contribution in [0.1, 0.15) is 38.2 Å². The zero-order valence-corrected chi connectivity index (χ0v) is 17.1. The van der Waals surface area contributed by atoms with Crippen LogP contribution < -0.4 is 10.1 Å². The van der Waals surface area contributed by atoms with Gasteiger partial charge in [0.2, 0.25) is 11.8 Å². The molecule has 1 saturated heterocycles. The maximum absolute atomic E-state index is 12.9. The van der Waals surface area contributed by atoms with Crippen LogP contribution in [0.4, 0.5) is 4.79 Å². The number of carbonyl (C=O) groups excluding carboxylic acids is 3. The van der Waals surface area contributed by atoms with Gasteiger partial charge in [-0.05, 0) is 30.0 Å². The van der Waals surface area contributed by atoms with Gasteiger partial charge in [-0.25, -0.2) is 4.79 Å². The van der Waals surface area contributed by atoms with Crippen LogP contribution in [-0.4, -0.2) is 48.6 Å². The number of imide groups is 1. The SMILES string of the molecule is C=CCOC(=O)N[C@H]1[C@@H](c2ccc(OC)cc2)[C@@H]1N1C(=O)C[C@@H](CC(C)C)C1=O. The van der Waals surface area contributed by atoms with E-state index >= 15 is 0 Å². The molecule has 3 rings (SSSR count). The summed E-state index contributed by atoms with van der Waals surface area (Å²) < 4.78 is 10.2. The molecule has 1 N–H and O–H groups in total. The number of ether oxygens (including phenoxy) is 2. The molecule has 0 bridgehead atoms. The summed E-state index contributed by atoms with van der Waals surface area (Å²) in [5.74, 6) is 0.266. The maximum Gasteiger partial charge on any atom is 0.407 e. The average Bonchev–Trinajstić information content (AvgIpc) is 3.30. The minimum Gasteiger partial charge on any atom is -0.497 e. The van der Waals surface area contributed by atoms with Crippen LogP contribution in [0.15, 0.2) is 36.9 Å². The van der Waals surface area contributed by atoms with Crippen LogP contribution in [-0.2, 0) is 14.3 Å². The molecule has 2 fully saturated rings. The Labute approximate surface area is 171 Å². The van der Waals surface area contributed by atoms with E-state index in [-0.39, 0.29) is 42.7 Å². The molecule has 0 radical (unpaired) electrons. The molecule has 156 valence electrons.